The van der Waals surface area contributed by atoms with E-state index >= 15 is 0 Å². The van der Waals surface area contributed by atoms with Crippen molar-refractivity contribution in [1.29, 1.82) is 0 Å². The minimum Gasteiger partial charge on any atom is -0.354 e. The van der Waals surface area contributed by atoms with Crippen molar-refractivity contribution in [3.8, 4) is 0 Å². The van der Waals surface area contributed by atoms with E-state index in [4.69, 9.17) is 0 Å². The van der Waals surface area contributed by atoms with Gasteiger partial charge in [-0.2, -0.15) is 0 Å². The third-order valence-corrected chi connectivity index (χ3v) is 3.60. The normalized spacial score (nSPS) is 19.2. The van der Waals surface area contributed by atoms with Gasteiger partial charge in [0.1, 0.15) is 0 Å². The molecule has 3 rings (SSSR count). The summed E-state index contributed by atoms with van der Waals surface area (Å²) in [5.41, 5.74) is 0.616. The predicted molar refractivity (Wildman–Crippen MR) is 76.8 cm³/mol. The van der Waals surface area contributed by atoms with Crippen molar-refractivity contribution in [3.63, 3.8) is 0 Å². The van der Waals surface area contributed by atoms with Crippen molar-refractivity contribution in [2.24, 2.45) is 5.92 Å². The number of nitrogens with one attached hydrogen (secondary N) is 1. The second-order valence-electron chi connectivity index (χ2n) is 5.67. The zero-order chi connectivity index (χ0) is 14.8. The van der Waals surface area contributed by atoms with Gasteiger partial charge in [-0.3, -0.25) is 4.79 Å². The Morgan fingerprint density at radius 3 is 3.10 bits per heavy atom. The summed E-state index contributed by atoms with van der Waals surface area (Å²) < 4.78 is 1.41. The Hall–Kier alpha value is -2.25. The van der Waals surface area contributed by atoms with Gasteiger partial charge in [-0.15, -0.1) is 14.8 Å². The van der Waals surface area contributed by atoms with Gasteiger partial charge in [-0.25, -0.2) is 0 Å². The van der Waals surface area contributed by atoms with Crippen LogP contribution in [0.4, 0.5) is 5.82 Å². The van der Waals surface area contributed by atoms with Crippen molar-refractivity contribution in [1.82, 2.24) is 30.6 Å². The molecule has 0 spiro atoms. The fourth-order valence-electron chi connectivity index (χ4n) is 2.61. The van der Waals surface area contributed by atoms with Crippen LogP contribution in [0, 0.1) is 5.92 Å². The molecule has 0 aliphatic carbocycles. The van der Waals surface area contributed by atoms with Gasteiger partial charge in [0, 0.05) is 19.1 Å². The number of hydrogen-bond donors (Lipinski definition) is 1. The number of tetrazole rings is 1. The zero-order valence-corrected chi connectivity index (χ0v) is 12.2. The number of hydrogen-bond acceptors (Lipinski definition) is 6. The van der Waals surface area contributed by atoms with Crippen molar-refractivity contribution < 1.29 is 4.79 Å². The maximum absolute atomic E-state index is 12.2. The van der Waals surface area contributed by atoms with Gasteiger partial charge < -0.3 is 10.2 Å². The second kappa shape index (κ2) is 5.63. The highest BCUT2D eigenvalue weighted by molar-refractivity contribution is 5.79. The Kier molecular flexibility index (Phi) is 3.68. The van der Waals surface area contributed by atoms with E-state index in [0.717, 1.165) is 25.2 Å². The average molecular weight is 289 g/mol. The number of piperidine rings is 1. The number of amides is 1. The number of carbonyl (C=O) groups excluding carboxylic acids is 1. The van der Waals surface area contributed by atoms with E-state index in [1.54, 1.807) is 0 Å². The van der Waals surface area contributed by atoms with Crippen LogP contribution in [0.25, 0.3) is 5.65 Å². The summed E-state index contributed by atoms with van der Waals surface area (Å²) in [5.74, 6) is 0.933. The average Bonchev–Trinajstić information content (AvgIpc) is 2.94. The van der Waals surface area contributed by atoms with Gasteiger partial charge in [0.2, 0.25) is 5.91 Å². The van der Waals surface area contributed by atoms with Crippen LogP contribution in [0.5, 0.6) is 0 Å². The van der Waals surface area contributed by atoms with Crippen LogP contribution in [0.2, 0.25) is 0 Å². The van der Waals surface area contributed by atoms with Crippen molar-refractivity contribution >= 4 is 17.4 Å². The Morgan fingerprint density at radius 1 is 1.43 bits per heavy atom. The molecule has 1 aliphatic rings. The van der Waals surface area contributed by atoms with Gasteiger partial charge in [0.05, 0.1) is 5.92 Å². The monoisotopic (exact) mass is 289 g/mol. The highest BCUT2D eigenvalue weighted by Crippen LogP contribution is 2.21. The summed E-state index contributed by atoms with van der Waals surface area (Å²) in [6.07, 6.45) is 1.90. The van der Waals surface area contributed by atoms with Gasteiger partial charge >= 0.3 is 0 Å². The quantitative estimate of drug-likeness (QED) is 0.872. The Bertz CT molecular complexity index is 638. The second-order valence-corrected chi connectivity index (χ2v) is 5.67. The summed E-state index contributed by atoms with van der Waals surface area (Å²) in [4.78, 5) is 14.3. The largest absolute Gasteiger partial charge is 0.354 e. The molecule has 1 N–H and O–H groups in total. The molecule has 21 heavy (non-hydrogen) atoms. The van der Waals surface area contributed by atoms with E-state index in [0.29, 0.717) is 12.2 Å². The summed E-state index contributed by atoms with van der Waals surface area (Å²) in [6.45, 7) is 5.53. The number of aromatic nitrogens is 5. The third-order valence-electron chi connectivity index (χ3n) is 3.60. The lowest BCUT2D eigenvalue weighted by Gasteiger charge is -2.32. The molecule has 1 aliphatic heterocycles. The molecular formula is C13H19N7O. The number of fused-ring (bicyclic) bond motifs is 1. The maximum Gasteiger partial charge on any atom is 0.225 e. The topological polar surface area (TPSA) is 88.3 Å². The molecule has 1 amide bonds. The van der Waals surface area contributed by atoms with Gasteiger partial charge in [0.25, 0.3) is 0 Å². The smallest absolute Gasteiger partial charge is 0.225 e. The number of carbonyl (C=O) groups is 1. The van der Waals surface area contributed by atoms with E-state index in [2.05, 4.69) is 30.8 Å². The van der Waals surface area contributed by atoms with E-state index in [1.165, 1.54) is 4.63 Å². The van der Waals surface area contributed by atoms with Crippen molar-refractivity contribution in [2.45, 2.75) is 32.7 Å². The van der Waals surface area contributed by atoms with Crippen LogP contribution in [-0.4, -0.2) is 50.3 Å². The molecule has 8 nitrogen and oxygen atoms in total. The predicted octanol–water partition coefficient (Wildman–Crippen LogP) is 0.260. The van der Waals surface area contributed by atoms with E-state index in [1.807, 2.05) is 26.0 Å². The molecule has 1 atom stereocenters. The minimum atomic E-state index is 0.00696. The Balaban J connectivity index is 1.74. The number of anilines is 1. The molecule has 112 valence electrons. The zero-order valence-electron chi connectivity index (χ0n) is 12.2. The molecule has 0 bridgehead atoms. The molecule has 1 fully saturated rings. The van der Waals surface area contributed by atoms with Crippen LogP contribution < -0.4 is 10.2 Å². The molecule has 8 heteroatoms. The molecule has 2 aromatic rings. The first-order valence-electron chi connectivity index (χ1n) is 7.24. The standard InChI is InChI=1S/C13H19N7O/c1-9(2)14-13(21)10-4-3-7-19(8-10)12-6-5-11-15-17-18-20(11)16-12/h5-6,9-10H,3-4,7-8H2,1-2H3,(H,14,21)/t10-/m0/s1. The lowest BCUT2D eigenvalue weighted by Crippen LogP contribution is -2.45. The summed E-state index contributed by atoms with van der Waals surface area (Å²) in [7, 11) is 0. The summed E-state index contributed by atoms with van der Waals surface area (Å²) in [5, 5.41) is 18.6. The molecule has 0 radical (unpaired) electrons. The van der Waals surface area contributed by atoms with Crippen LogP contribution in [0.3, 0.4) is 0 Å². The molecule has 0 unspecified atom stereocenters. The Morgan fingerprint density at radius 2 is 2.29 bits per heavy atom. The molecule has 0 saturated carbocycles. The molecular weight excluding hydrogens is 270 g/mol. The maximum atomic E-state index is 12.2. The summed E-state index contributed by atoms with van der Waals surface area (Å²) in [6, 6.07) is 3.90. The molecule has 2 aromatic heterocycles. The number of nitrogens with zero attached hydrogens (tertiary/aromatic N) is 6. The van der Waals surface area contributed by atoms with Gasteiger partial charge in [0.15, 0.2) is 11.5 Å². The number of rotatable bonds is 3. The fourth-order valence-corrected chi connectivity index (χ4v) is 2.61. The van der Waals surface area contributed by atoms with Crippen LogP contribution in [0.15, 0.2) is 12.1 Å². The van der Waals surface area contributed by atoms with Gasteiger partial charge in [-0.1, -0.05) is 0 Å². The SMILES string of the molecule is CC(C)NC(=O)[C@H]1CCCN(c2ccc3nnnn3n2)C1. The van der Waals surface area contributed by atoms with E-state index in [9.17, 15) is 4.79 Å². The van der Waals surface area contributed by atoms with Crippen LogP contribution >= 0.6 is 0 Å². The fraction of sp³-hybridized carbons (Fsp3) is 0.615. The van der Waals surface area contributed by atoms with Gasteiger partial charge in [-0.05, 0) is 49.2 Å². The van der Waals surface area contributed by atoms with Crippen LogP contribution in [0.1, 0.15) is 26.7 Å². The minimum absolute atomic E-state index is 0.00696. The van der Waals surface area contributed by atoms with Crippen LogP contribution in [-0.2, 0) is 4.79 Å². The highest BCUT2D eigenvalue weighted by Gasteiger charge is 2.27. The first-order valence-corrected chi connectivity index (χ1v) is 7.24. The van der Waals surface area contributed by atoms with E-state index < -0.39 is 0 Å². The molecule has 3 heterocycles. The Labute approximate surface area is 122 Å². The third kappa shape index (κ3) is 2.93. The van der Waals surface area contributed by atoms with E-state index in [-0.39, 0.29) is 17.9 Å². The first-order chi connectivity index (χ1) is 10.1. The molecule has 1 saturated heterocycles. The highest BCUT2D eigenvalue weighted by atomic mass is 16.2. The molecule has 0 aromatic carbocycles. The lowest BCUT2D eigenvalue weighted by atomic mass is 9.97. The summed E-state index contributed by atoms with van der Waals surface area (Å²) >= 11 is 0. The van der Waals surface area contributed by atoms with Crippen molar-refractivity contribution in [3.05, 3.63) is 12.1 Å². The van der Waals surface area contributed by atoms with Crippen molar-refractivity contribution in [2.75, 3.05) is 18.0 Å². The lowest BCUT2D eigenvalue weighted by molar-refractivity contribution is -0.125. The first kappa shape index (κ1) is 13.7.